The van der Waals surface area contributed by atoms with Gasteiger partial charge >= 0.3 is 0 Å². The summed E-state index contributed by atoms with van der Waals surface area (Å²) in [6.45, 7) is 0. The molecule has 5 nitrogen and oxygen atoms in total. The number of amides is 1. The van der Waals surface area contributed by atoms with E-state index in [0.29, 0.717) is 6.41 Å². The standard InChI is InChI=1S/C20H15BrN4OS/c1-27-17-11-14(7-8-15(17)22-12-26)25-19(13-5-3-2-4-6-13)23-16-9-10-18(21)24-20(16)25/h2-12H,1H3,(H,22,26). The SMILES string of the molecule is CSc1cc(-n2c(-c3ccccc3)nc3ccc(Br)nc32)ccc1NC=O. The van der Waals surface area contributed by atoms with Crippen molar-refractivity contribution in [1.82, 2.24) is 14.5 Å². The predicted molar refractivity (Wildman–Crippen MR) is 113 cm³/mol. The molecule has 27 heavy (non-hydrogen) atoms. The second kappa shape index (κ2) is 7.54. The van der Waals surface area contributed by atoms with E-state index < -0.39 is 0 Å². The molecule has 2 aromatic heterocycles. The zero-order valence-electron chi connectivity index (χ0n) is 14.4. The van der Waals surface area contributed by atoms with Crippen LogP contribution in [0, 0.1) is 0 Å². The molecule has 0 aliphatic rings. The molecule has 0 aliphatic carbocycles. The highest BCUT2D eigenvalue weighted by Gasteiger charge is 2.16. The van der Waals surface area contributed by atoms with E-state index in [1.54, 1.807) is 11.8 Å². The lowest BCUT2D eigenvalue weighted by molar-refractivity contribution is -0.105. The average molecular weight is 439 g/mol. The molecule has 0 aliphatic heterocycles. The Labute approximate surface area is 169 Å². The highest BCUT2D eigenvalue weighted by molar-refractivity contribution is 9.10. The van der Waals surface area contributed by atoms with Gasteiger partial charge in [0.05, 0.1) is 11.4 Å². The summed E-state index contributed by atoms with van der Waals surface area (Å²) in [6.07, 6.45) is 2.67. The van der Waals surface area contributed by atoms with Crippen molar-refractivity contribution in [3.63, 3.8) is 0 Å². The van der Waals surface area contributed by atoms with Gasteiger partial charge in [0.25, 0.3) is 0 Å². The molecule has 0 spiro atoms. The van der Waals surface area contributed by atoms with E-state index in [4.69, 9.17) is 4.98 Å². The second-order valence-electron chi connectivity index (χ2n) is 5.76. The van der Waals surface area contributed by atoms with Crippen LogP contribution in [0.25, 0.3) is 28.2 Å². The monoisotopic (exact) mass is 438 g/mol. The molecule has 1 amide bonds. The lowest BCUT2D eigenvalue weighted by atomic mass is 10.2. The minimum Gasteiger partial charge on any atom is -0.328 e. The maximum Gasteiger partial charge on any atom is 0.211 e. The molecule has 0 unspecified atom stereocenters. The van der Waals surface area contributed by atoms with Gasteiger partial charge in [0.1, 0.15) is 15.9 Å². The molecule has 0 atom stereocenters. The summed E-state index contributed by atoms with van der Waals surface area (Å²) in [7, 11) is 0. The summed E-state index contributed by atoms with van der Waals surface area (Å²) in [4.78, 5) is 21.3. The van der Waals surface area contributed by atoms with Crippen LogP contribution in [0.2, 0.25) is 0 Å². The van der Waals surface area contributed by atoms with Gasteiger partial charge in [-0.2, -0.15) is 0 Å². The fourth-order valence-electron chi connectivity index (χ4n) is 2.96. The van der Waals surface area contributed by atoms with Crippen LogP contribution in [0.3, 0.4) is 0 Å². The fourth-order valence-corrected chi connectivity index (χ4v) is 3.85. The Hall–Kier alpha value is -2.64. The van der Waals surface area contributed by atoms with E-state index in [2.05, 4.69) is 26.2 Å². The highest BCUT2D eigenvalue weighted by Crippen LogP contribution is 2.32. The smallest absolute Gasteiger partial charge is 0.211 e. The van der Waals surface area contributed by atoms with Crippen molar-refractivity contribution >= 4 is 51.0 Å². The van der Waals surface area contributed by atoms with E-state index in [-0.39, 0.29) is 0 Å². The molecule has 0 saturated carbocycles. The van der Waals surface area contributed by atoms with Crippen LogP contribution in [0.15, 0.2) is 70.2 Å². The van der Waals surface area contributed by atoms with Crippen molar-refractivity contribution in [2.75, 3.05) is 11.6 Å². The van der Waals surface area contributed by atoms with Gasteiger partial charge in [-0.05, 0) is 52.5 Å². The summed E-state index contributed by atoms with van der Waals surface area (Å²) in [5.41, 5.74) is 4.31. The average Bonchev–Trinajstić information content (AvgIpc) is 3.08. The minimum absolute atomic E-state index is 0.690. The maximum absolute atomic E-state index is 10.9. The predicted octanol–water partition coefficient (Wildman–Crippen LogP) is 5.14. The summed E-state index contributed by atoms with van der Waals surface area (Å²) in [6, 6.07) is 19.8. The molecular formula is C20H15BrN4OS. The van der Waals surface area contributed by atoms with Crippen LogP contribution in [-0.4, -0.2) is 27.2 Å². The van der Waals surface area contributed by atoms with Crippen LogP contribution in [-0.2, 0) is 4.79 Å². The highest BCUT2D eigenvalue weighted by atomic mass is 79.9. The Balaban J connectivity index is 2.00. The largest absolute Gasteiger partial charge is 0.328 e. The van der Waals surface area contributed by atoms with E-state index in [0.717, 1.165) is 43.4 Å². The zero-order chi connectivity index (χ0) is 18.8. The normalized spacial score (nSPS) is 10.9. The van der Waals surface area contributed by atoms with Gasteiger partial charge in [-0.1, -0.05) is 30.3 Å². The molecule has 0 radical (unpaired) electrons. The van der Waals surface area contributed by atoms with Crippen LogP contribution >= 0.6 is 27.7 Å². The molecule has 0 bridgehead atoms. The Bertz CT molecular complexity index is 1130. The topological polar surface area (TPSA) is 59.8 Å². The molecule has 4 aromatic rings. The number of hydrogen-bond donors (Lipinski definition) is 1. The molecule has 0 fully saturated rings. The quantitative estimate of drug-likeness (QED) is 0.266. The summed E-state index contributed by atoms with van der Waals surface area (Å²) < 4.78 is 2.79. The minimum atomic E-state index is 0.690. The third-order valence-electron chi connectivity index (χ3n) is 4.16. The number of pyridine rings is 1. The Morgan fingerprint density at radius 1 is 1.07 bits per heavy atom. The van der Waals surface area contributed by atoms with Gasteiger partial charge < -0.3 is 5.32 Å². The summed E-state index contributed by atoms with van der Waals surface area (Å²) in [5.74, 6) is 0.819. The lowest BCUT2D eigenvalue weighted by Gasteiger charge is -2.13. The Morgan fingerprint density at radius 2 is 1.89 bits per heavy atom. The number of fused-ring (bicyclic) bond motifs is 1. The van der Waals surface area contributed by atoms with Gasteiger partial charge in [-0.25, -0.2) is 9.97 Å². The van der Waals surface area contributed by atoms with Gasteiger partial charge in [-0.3, -0.25) is 9.36 Å². The molecule has 2 heterocycles. The Kier molecular flexibility index (Phi) is 4.96. The molecule has 4 rings (SSSR count). The maximum atomic E-state index is 10.9. The number of nitrogens with one attached hydrogen (secondary N) is 1. The number of halogens is 1. The first-order valence-corrected chi connectivity index (χ1v) is 10.2. The number of rotatable bonds is 5. The lowest BCUT2D eigenvalue weighted by Crippen LogP contribution is -2.01. The van der Waals surface area contributed by atoms with Crippen molar-refractivity contribution < 1.29 is 4.79 Å². The van der Waals surface area contributed by atoms with Crippen molar-refractivity contribution in [2.45, 2.75) is 4.90 Å². The second-order valence-corrected chi connectivity index (χ2v) is 7.42. The number of aromatic nitrogens is 3. The first kappa shape index (κ1) is 17.8. The van der Waals surface area contributed by atoms with E-state index in [9.17, 15) is 4.79 Å². The number of carbonyl (C=O) groups is 1. The molecule has 7 heteroatoms. The van der Waals surface area contributed by atoms with Crippen molar-refractivity contribution in [1.29, 1.82) is 0 Å². The number of thioether (sulfide) groups is 1. The van der Waals surface area contributed by atoms with Crippen LogP contribution < -0.4 is 5.32 Å². The van der Waals surface area contributed by atoms with E-state index in [1.807, 2.05) is 71.5 Å². The first-order valence-electron chi connectivity index (χ1n) is 8.20. The van der Waals surface area contributed by atoms with Crippen molar-refractivity contribution in [2.24, 2.45) is 0 Å². The fraction of sp³-hybridized carbons (Fsp3) is 0.0500. The van der Waals surface area contributed by atoms with Crippen LogP contribution in [0.4, 0.5) is 5.69 Å². The van der Waals surface area contributed by atoms with Gasteiger partial charge in [-0.15, -0.1) is 11.8 Å². The molecule has 134 valence electrons. The number of carbonyl (C=O) groups excluding carboxylic acids is 1. The van der Waals surface area contributed by atoms with Crippen LogP contribution in [0.1, 0.15) is 0 Å². The number of imidazole rings is 1. The summed E-state index contributed by atoms with van der Waals surface area (Å²) in [5, 5.41) is 2.74. The van der Waals surface area contributed by atoms with Crippen molar-refractivity contribution in [3.8, 4) is 17.1 Å². The number of nitrogens with zero attached hydrogens (tertiary/aromatic N) is 3. The first-order chi connectivity index (χ1) is 13.2. The van der Waals surface area contributed by atoms with Gasteiger partial charge in [0.15, 0.2) is 5.65 Å². The van der Waals surface area contributed by atoms with Gasteiger partial charge in [0.2, 0.25) is 6.41 Å². The summed E-state index contributed by atoms with van der Waals surface area (Å²) >= 11 is 5.03. The van der Waals surface area contributed by atoms with Crippen LogP contribution in [0.5, 0.6) is 0 Å². The molecular weight excluding hydrogens is 424 g/mol. The number of benzene rings is 2. The third-order valence-corrected chi connectivity index (χ3v) is 5.38. The van der Waals surface area contributed by atoms with Crippen molar-refractivity contribution in [3.05, 3.63) is 65.3 Å². The molecule has 0 saturated heterocycles. The van der Waals surface area contributed by atoms with E-state index in [1.165, 1.54) is 0 Å². The molecule has 2 aromatic carbocycles. The number of hydrogen-bond acceptors (Lipinski definition) is 4. The van der Waals surface area contributed by atoms with Gasteiger partial charge in [0, 0.05) is 10.5 Å². The zero-order valence-corrected chi connectivity index (χ0v) is 16.8. The molecule has 1 N–H and O–H groups in total. The third kappa shape index (κ3) is 3.36. The van der Waals surface area contributed by atoms with E-state index >= 15 is 0 Å². The Morgan fingerprint density at radius 3 is 2.63 bits per heavy atom. The number of anilines is 1.